The molecule has 2 aliphatic rings. The second kappa shape index (κ2) is 10.2. The summed E-state index contributed by atoms with van der Waals surface area (Å²) in [6.07, 6.45) is 1.98. The number of aryl methyl sites for hydroxylation is 1. The van der Waals surface area contributed by atoms with Gasteiger partial charge in [-0.1, -0.05) is 62.4 Å². The average Bonchev–Trinajstić information content (AvgIpc) is 3.64. The van der Waals surface area contributed by atoms with E-state index in [1.54, 1.807) is 22.3 Å². The highest BCUT2D eigenvalue weighted by molar-refractivity contribution is 7.10. The van der Waals surface area contributed by atoms with Crippen LogP contribution in [0.4, 0.5) is 0 Å². The topological polar surface area (TPSA) is 86.3 Å². The van der Waals surface area contributed by atoms with Gasteiger partial charge in [0.2, 0.25) is 0 Å². The van der Waals surface area contributed by atoms with E-state index < -0.39 is 12.0 Å². The first-order chi connectivity index (χ1) is 18.9. The largest absolute Gasteiger partial charge is 0.378 e. The maximum atomic E-state index is 13.5. The lowest BCUT2D eigenvalue weighted by molar-refractivity contribution is -0.141. The molecular weight excluding hydrogens is 506 g/mol. The van der Waals surface area contributed by atoms with Crippen molar-refractivity contribution >= 4 is 17.2 Å². The van der Waals surface area contributed by atoms with E-state index >= 15 is 0 Å². The number of nitrogens with one attached hydrogen (secondary N) is 1. The van der Waals surface area contributed by atoms with Gasteiger partial charge in [0.15, 0.2) is 6.10 Å². The number of aromatic nitrogens is 2. The summed E-state index contributed by atoms with van der Waals surface area (Å²) in [7, 11) is 0. The van der Waals surface area contributed by atoms with Crippen LogP contribution in [0.15, 0.2) is 70.8 Å². The molecule has 3 heterocycles. The summed E-state index contributed by atoms with van der Waals surface area (Å²) in [5, 5.41) is 13.2. The molecule has 2 aromatic carbocycles. The van der Waals surface area contributed by atoms with Gasteiger partial charge in [0, 0.05) is 11.4 Å². The number of nitrogens with zero attached hydrogens (tertiary/aromatic N) is 2. The standard InChI is InChI=1S/C32H33N3O3S/c1-20(2)21-7-3-8-22(17-21)23-9-4-10-24(18-23)28(36)30(38)35-15-5-11-26-25(19-35)29(37)34-31(33-26)32(13-14-32)27-12-6-16-39-27/h3-4,6-10,12,16-18,20,28,36H,5,11,13-15,19H2,1-2H3,(H,33,34,37)/t28-/m1/s1. The van der Waals surface area contributed by atoms with Gasteiger partial charge in [0.05, 0.1) is 23.2 Å². The number of aromatic amines is 1. The molecule has 1 aliphatic heterocycles. The highest BCUT2D eigenvalue weighted by Gasteiger charge is 2.49. The van der Waals surface area contributed by atoms with E-state index in [2.05, 4.69) is 42.4 Å². The molecule has 200 valence electrons. The normalized spacial score (nSPS) is 17.0. The number of carbonyl (C=O) groups is 1. The fraction of sp³-hybridized carbons (Fsp3) is 0.344. The Hall–Kier alpha value is -3.55. The number of carbonyl (C=O) groups excluding carboxylic acids is 1. The molecule has 0 unspecified atom stereocenters. The van der Waals surface area contributed by atoms with Crippen LogP contribution in [-0.4, -0.2) is 32.4 Å². The Morgan fingerprint density at radius 2 is 1.77 bits per heavy atom. The second-order valence-corrected chi connectivity index (χ2v) is 12.0. The number of aliphatic hydroxyl groups excluding tert-OH is 1. The van der Waals surface area contributed by atoms with Crippen LogP contribution in [0.2, 0.25) is 0 Å². The Balaban J connectivity index is 1.24. The van der Waals surface area contributed by atoms with Crippen molar-refractivity contribution in [1.82, 2.24) is 14.9 Å². The van der Waals surface area contributed by atoms with E-state index in [0.717, 1.165) is 35.5 Å². The van der Waals surface area contributed by atoms with Crippen LogP contribution in [0.3, 0.4) is 0 Å². The molecule has 39 heavy (non-hydrogen) atoms. The van der Waals surface area contributed by atoms with Crippen molar-refractivity contribution in [3.8, 4) is 11.1 Å². The van der Waals surface area contributed by atoms with Crippen LogP contribution < -0.4 is 5.56 Å². The number of fused-ring (bicyclic) bond motifs is 1. The van der Waals surface area contributed by atoms with E-state index in [9.17, 15) is 14.7 Å². The highest BCUT2D eigenvalue weighted by Crippen LogP contribution is 2.53. The minimum Gasteiger partial charge on any atom is -0.378 e. The van der Waals surface area contributed by atoms with E-state index in [0.29, 0.717) is 36.4 Å². The van der Waals surface area contributed by atoms with E-state index in [-0.39, 0.29) is 17.5 Å². The van der Waals surface area contributed by atoms with Crippen LogP contribution in [0.25, 0.3) is 11.1 Å². The fourth-order valence-corrected chi connectivity index (χ4v) is 6.58. The smallest absolute Gasteiger partial charge is 0.256 e. The van der Waals surface area contributed by atoms with Gasteiger partial charge in [-0.2, -0.15) is 0 Å². The lowest BCUT2D eigenvalue weighted by Crippen LogP contribution is -2.36. The van der Waals surface area contributed by atoms with E-state index in [1.165, 1.54) is 10.4 Å². The van der Waals surface area contributed by atoms with Crippen molar-refractivity contribution in [2.24, 2.45) is 0 Å². The molecule has 2 N–H and O–H groups in total. The molecule has 0 spiro atoms. The number of amides is 1. The average molecular weight is 540 g/mol. The summed E-state index contributed by atoms with van der Waals surface area (Å²) in [6, 6.07) is 20.0. The third kappa shape index (κ3) is 4.85. The van der Waals surface area contributed by atoms with Crippen LogP contribution in [-0.2, 0) is 23.2 Å². The quantitative estimate of drug-likeness (QED) is 0.329. The van der Waals surface area contributed by atoms with Crippen molar-refractivity contribution in [3.63, 3.8) is 0 Å². The Labute approximate surface area is 232 Å². The Morgan fingerprint density at radius 1 is 1.05 bits per heavy atom. The highest BCUT2D eigenvalue weighted by atomic mass is 32.1. The van der Waals surface area contributed by atoms with Gasteiger partial charge in [-0.3, -0.25) is 9.59 Å². The number of aliphatic hydroxyl groups is 1. The number of hydrogen-bond donors (Lipinski definition) is 2. The summed E-state index contributed by atoms with van der Waals surface area (Å²) < 4.78 is 0. The van der Waals surface area contributed by atoms with Gasteiger partial charge in [-0.15, -0.1) is 11.3 Å². The summed E-state index contributed by atoms with van der Waals surface area (Å²) in [6.45, 7) is 4.93. The van der Waals surface area contributed by atoms with Gasteiger partial charge < -0.3 is 15.0 Å². The molecule has 1 amide bonds. The number of benzene rings is 2. The van der Waals surface area contributed by atoms with Crippen molar-refractivity contribution in [1.29, 1.82) is 0 Å². The van der Waals surface area contributed by atoms with Crippen LogP contribution >= 0.6 is 11.3 Å². The lowest BCUT2D eigenvalue weighted by Gasteiger charge is -2.24. The third-order valence-corrected chi connectivity index (χ3v) is 9.20. The van der Waals surface area contributed by atoms with E-state index in [1.807, 2.05) is 36.4 Å². The Morgan fingerprint density at radius 3 is 2.44 bits per heavy atom. The zero-order valence-corrected chi connectivity index (χ0v) is 23.1. The van der Waals surface area contributed by atoms with Crippen molar-refractivity contribution in [2.75, 3.05) is 6.54 Å². The summed E-state index contributed by atoms with van der Waals surface area (Å²) in [5.74, 6) is 0.758. The number of hydrogen-bond acceptors (Lipinski definition) is 5. The van der Waals surface area contributed by atoms with Gasteiger partial charge in [-0.25, -0.2) is 4.98 Å². The molecule has 4 aromatic rings. The zero-order chi connectivity index (χ0) is 27.1. The maximum absolute atomic E-state index is 13.5. The maximum Gasteiger partial charge on any atom is 0.256 e. The van der Waals surface area contributed by atoms with Crippen LogP contribution in [0.1, 0.15) is 78.2 Å². The zero-order valence-electron chi connectivity index (χ0n) is 22.3. The molecule has 6 rings (SSSR count). The van der Waals surface area contributed by atoms with E-state index in [4.69, 9.17) is 4.98 Å². The minimum atomic E-state index is -1.31. The first kappa shape index (κ1) is 25.7. The van der Waals surface area contributed by atoms with Crippen molar-refractivity contribution < 1.29 is 9.90 Å². The van der Waals surface area contributed by atoms with Crippen molar-refractivity contribution in [2.45, 2.75) is 63.5 Å². The minimum absolute atomic E-state index is 0.149. The molecule has 7 heteroatoms. The Bertz CT molecular complexity index is 1570. The summed E-state index contributed by atoms with van der Waals surface area (Å²) >= 11 is 1.70. The first-order valence-corrected chi connectivity index (χ1v) is 14.6. The predicted octanol–water partition coefficient (Wildman–Crippen LogP) is 5.71. The van der Waals surface area contributed by atoms with Crippen LogP contribution in [0, 0.1) is 0 Å². The first-order valence-electron chi connectivity index (χ1n) is 13.7. The number of rotatable bonds is 6. The molecular formula is C32H33N3O3S. The van der Waals surface area contributed by atoms with Gasteiger partial charge in [-0.05, 0) is 71.4 Å². The molecule has 6 nitrogen and oxygen atoms in total. The Kier molecular flexibility index (Phi) is 6.73. The lowest BCUT2D eigenvalue weighted by atomic mass is 9.95. The fourth-order valence-electron chi connectivity index (χ4n) is 5.59. The van der Waals surface area contributed by atoms with Gasteiger partial charge in [0.25, 0.3) is 11.5 Å². The summed E-state index contributed by atoms with van der Waals surface area (Å²) in [4.78, 5) is 37.6. The molecule has 0 saturated heterocycles. The molecule has 2 aromatic heterocycles. The monoisotopic (exact) mass is 539 g/mol. The SMILES string of the molecule is CC(C)c1cccc(-c2cccc([C@@H](O)C(=O)N3CCCc4nc(C5(c6cccs6)CC5)[nH]c(=O)c4C3)c2)c1. The molecule has 1 saturated carbocycles. The summed E-state index contributed by atoms with van der Waals surface area (Å²) in [5.41, 5.74) is 4.73. The molecule has 0 radical (unpaired) electrons. The van der Waals surface area contributed by atoms with Crippen LogP contribution in [0.5, 0.6) is 0 Å². The number of thiophene rings is 1. The predicted molar refractivity (Wildman–Crippen MR) is 154 cm³/mol. The van der Waals surface area contributed by atoms with Crippen molar-refractivity contribution in [3.05, 3.63) is 109 Å². The molecule has 1 aliphatic carbocycles. The molecule has 0 bridgehead atoms. The second-order valence-electron chi connectivity index (χ2n) is 11.1. The third-order valence-electron chi connectivity index (χ3n) is 8.12. The van der Waals surface area contributed by atoms with Gasteiger partial charge >= 0.3 is 0 Å². The molecule has 1 fully saturated rings. The molecule has 1 atom stereocenters. The number of H-pyrrole nitrogens is 1. The van der Waals surface area contributed by atoms with Gasteiger partial charge in [0.1, 0.15) is 5.82 Å².